The maximum Gasteiger partial charge on any atom is 0.277 e. The lowest BCUT2D eigenvalue weighted by atomic mass is 9.99. The third-order valence-electron chi connectivity index (χ3n) is 3.57. The molecule has 2 fully saturated rings. The summed E-state index contributed by atoms with van der Waals surface area (Å²) in [4.78, 5) is 4.10. The molecular formula is C10H20F2N4. The molecule has 2 N–H and O–H groups in total. The molecule has 0 amide bonds. The van der Waals surface area contributed by atoms with Gasteiger partial charge in [0.1, 0.15) is 0 Å². The summed E-state index contributed by atoms with van der Waals surface area (Å²) in [5.41, 5.74) is 0. The highest BCUT2D eigenvalue weighted by atomic mass is 19.3. The Kier molecular flexibility index (Phi) is 3.44. The molecule has 0 aliphatic carbocycles. The van der Waals surface area contributed by atoms with Crippen molar-refractivity contribution < 1.29 is 8.78 Å². The first-order chi connectivity index (χ1) is 7.49. The van der Waals surface area contributed by atoms with Gasteiger partial charge in [-0.2, -0.15) is 0 Å². The van der Waals surface area contributed by atoms with Crippen LogP contribution in [0.4, 0.5) is 8.78 Å². The topological polar surface area (TPSA) is 35.7 Å². The summed E-state index contributed by atoms with van der Waals surface area (Å²) in [7, 11) is 2.03. The Balaban J connectivity index is 1.98. The highest BCUT2D eigenvalue weighted by Crippen LogP contribution is 2.30. The number of nitrogens with two attached hydrogens (primary N) is 1. The van der Waals surface area contributed by atoms with Gasteiger partial charge in [-0.25, -0.2) is 13.8 Å². The number of nitrogens with zero attached hydrogens (tertiary/aromatic N) is 3. The molecule has 2 aliphatic rings. The summed E-state index contributed by atoms with van der Waals surface area (Å²) in [6, 6.07) is -0.624. The van der Waals surface area contributed by atoms with Crippen LogP contribution in [0.25, 0.3) is 0 Å². The lowest BCUT2D eigenvalue weighted by Crippen LogP contribution is -2.62. The first-order valence-corrected chi connectivity index (χ1v) is 5.79. The Morgan fingerprint density at radius 1 is 1.12 bits per heavy atom. The van der Waals surface area contributed by atoms with E-state index < -0.39 is 12.0 Å². The predicted octanol–water partition coefficient (Wildman–Crippen LogP) is -0.183. The zero-order chi connectivity index (χ0) is 11.8. The van der Waals surface area contributed by atoms with Crippen LogP contribution >= 0.6 is 0 Å². The van der Waals surface area contributed by atoms with Crippen LogP contribution in [0.15, 0.2) is 0 Å². The monoisotopic (exact) mass is 234 g/mol. The molecular weight excluding hydrogens is 214 g/mol. The number of hydrazine groups is 1. The van der Waals surface area contributed by atoms with Crippen molar-refractivity contribution in [2.24, 2.45) is 5.84 Å². The van der Waals surface area contributed by atoms with E-state index in [-0.39, 0.29) is 6.54 Å². The van der Waals surface area contributed by atoms with Crippen molar-refractivity contribution in [3.05, 3.63) is 0 Å². The quantitative estimate of drug-likeness (QED) is 0.638. The van der Waals surface area contributed by atoms with Crippen molar-refractivity contribution in [3.8, 4) is 0 Å². The third-order valence-corrected chi connectivity index (χ3v) is 3.57. The number of piperidine rings is 1. The van der Waals surface area contributed by atoms with Crippen molar-refractivity contribution >= 4 is 0 Å². The van der Waals surface area contributed by atoms with E-state index in [0.29, 0.717) is 13.0 Å². The van der Waals surface area contributed by atoms with E-state index in [2.05, 4.69) is 4.90 Å². The van der Waals surface area contributed by atoms with Crippen molar-refractivity contribution in [2.75, 3.05) is 46.3 Å². The van der Waals surface area contributed by atoms with Gasteiger partial charge >= 0.3 is 0 Å². The molecule has 6 heteroatoms. The highest BCUT2D eigenvalue weighted by molar-refractivity contribution is 4.93. The van der Waals surface area contributed by atoms with Crippen LogP contribution in [0.5, 0.6) is 0 Å². The zero-order valence-electron chi connectivity index (χ0n) is 9.70. The number of alkyl halides is 2. The third kappa shape index (κ3) is 2.51. The molecule has 2 heterocycles. The molecule has 1 atom stereocenters. The van der Waals surface area contributed by atoms with Crippen LogP contribution in [0.2, 0.25) is 0 Å². The number of likely N-dealkylation sites (N-methyl/N-ethyl adjacent to an activating group) is 1. The Morgan fingerprint density at radius 2 is 1.75 bits per heavy atom. The summed E-state index contributed by atoms with van der Waals surface area (Å²) in [5, 5.41) is 1.23. The van der Waals surface area contributed by atoms with Gasteiger partial charge in [-0.3, -0.25) is 10.7 Å². The predicted molar refractivity (Wildman–Crippen MR) is 58.2 cm³/mol. The maximum absolute atomic E-state index is 13.8. The van der Waals surface area contributed by atoms with E-state index in [0.717, 1.165) is 26.2 Å². The summed E-state index contributed by atoms with van der Waals surface area (Å²) in [6.07, 6.45) is 0.465. The average molecular weight is 234 g/mol. The molecule has 2 rings (SSSR count). The fraction of sp³-hybridized carbons (Fsp3) is 1.00. The van der Waals surface area contributed by atoms with Crippen molar-refractivity contribution in [2.45, 2.75) is 18.4 Å². The largest absolute Gasteiger partial charge is 0.304 e. The van der Waals surface area contributed by atoms with Gasteiger partial charge < -0.3 is 4.90 Å². The second-order valence-corrected chi connectivity index (χ2v) is 4.88. The fourth-order valence-corrected chi connectivity index (χ4v) is 2.54. The molecule has 0 radical (unpaired) electrons. The Morgan fingerprint density at radius 3 is 2.31 bits per heavy atom. The van der Waals surface area contributed by atoms with Gasteiger partial charge in [0.2, 0.25) is 0 Å². The Labute approximate surface area is 94.9 Å². The molecule has 0 bridgehead atoms. The fourth-order valence-electron chi connectivity index (χ4n) is 2.54. The smallest absolute Gasteiger partial charge is 0.277 e. The lowest BCUT2D eigenvalue weighted by Gasteiger charge is -2.44. The average Bonchev–Trinajstić information content (AvgIpc) is 2.18. The summed E-state index contributed by atoms with van der Waals surface area (Å²) >= 11 is 0. The van der Waals surface area contributed by atoms with Crippen molar-refractivity contribution in [3.63, 3.8) is 0 Å². The van der Waals surface area contributed by atoms with Crippen LogP contribution in [-0.4, -0.2) is 73.1 Å². The maximum atomic E-state index is 13.8. The van der Waals surface area contributed by atoms with Crippen LogP contribution < -0.4 is 5.84 Å². The minimum absolute atomic E-state index is 0.315. The van der Waals surface area contributed by atoms with E-state index in [1.165, 1.54) is 5.01 Å². The van der Waals surface area contributed by atoms with Gasteiger partial charge in [-0.05, 0) is 13.5 Å². The molecule has 0 aromatic heterocycles. The van der Waals surface area contributed by atoms with Crippen LogP contribution in [0, 0.1) is 0 Å². The molecule has 94 valence electrons. The highest BCUT2D eigenvalue weighted by Gasteiger charge is 2.47. The number of hydrogen-bond donors (Lipinski definition) is 1. The molecule has 0 aromatic carbocycles. The minimum atomic E-state index is -2.68. The minimum Gasteiger partial charge on any atom is -0.304 e. The van der Waals surface area contributed by atoms with E-state index in [1.807, 2.05) is 11.9 Å². The number of hydrogen-bond acceptors (Lipinski definition) is 4. The normalized spacial score (nSPS) is 34.1. The van der Waals surface area contributed by atoms with E-state index in [1.54, 1.807) is 0 Å². The molecule has 1 unspecified atom stereocenters. The Bertz CT molecular complexity index is 241. The van der Waals surface area contributed by atoms with Crippen LogP contribution in [-0.2, 0) is 0 Å². The van der Waals surface area contributed by atoms with Gasteiger partial charge in [0, 0.05) is 32.7 Å². The molecule has 2 aliphatic heterocycles. The van der Waals surface area contributed by atoms with E-state index >= 15 is 0 Å². The Hall–Kier alpha value is -0.300. The van der Waals surface area contributed by atoms with E-state index in [9.17, 15) is 8.78 Å². The molecule has 0 saturated carbocycles. The molecule has 16 heavy (non-hydrogen) atoms. The van der Waals surface area contributed by atoms with E-state index in [4.69, 9.17) is 5.84 Å². The van der Waals surface area contributed by atoms with Crippen molar-refractivity contribution in [1.82, 2.24) is 14.8 Å². The molecule has 2 saturated heterocycles. The van der Waals surface area contributed by atoms with Gasteiger partial charge in [-0.1, -0.05) is 0 Å². The summed E-state index contributed by atoms with van der Waals surface area (Å²) in [5.74, 6) is 2.77. The van der Waals surface area contributed by atoms with Gasteiger partial charge in [0.25, 0.3) is 5.92 Å². The zero-order valence-corrected chi connectivity index (χ0v) is 9.70. The molecule has 0 aromatic rings. The van der Waals surface area contributed by atoms with Gasteiger partial charge in [0.05, 0.1) is 12.6 Å². The molecule has 4 nitrogen and oxygen atoms in total. The summed E-state index contributed by atoms with van der Waals surface area (Å²) in [6.45, 7) is 3.47. The van der Waals surface area contributed by atoms with Crippen molar-refractivity contribution in [1.29, 1.82) is 0 Å². The number of rotatable bonds is 1. The second kappa shape index (κ2) is 4.52. The second-order valence-electron chi connectivity index (χ2n) is 4.88. The molecule has 0 spiro atoms. The SMILES string of the molecule is CN1CCN(C2CCN(N)CC2(F)F)CC1. The number of piperazine rings is 1. The standard InChI is InChI=1S/C10H20F2N4/c1-14-4-6-15(7-5-14)9-2-3-16(13)8-10(9,11)12/h9H,2-8,13H2,1H3. The van der Waals surface area contributed by atoms with Crippen LogP contribution in [0.3, 0.4) is 0 Å². The van der Waals surface area contributed by atoms with Gasteiger partial charge in [0.15, 0.2) is 0 Å². The number of halogens is 2. The first kappa shape index (κ1) is 12.2. The summed E-state index contributed by atoms with van der Waals surface area (Å²) < 4.78 is 27.6. The van der Waals surface area contributed by atoms with Gasteiger partial charge in [-0.15, -0.1) is 0 Å². The first-order valence-electron chi connectivity index (χ1n) is 5.79. The van der Waals surface area contributed by atoms with Crippen LogP contribution in [0.1, 0.15) is 6.42 Å². The lowest BCUT2D eigenvalue weighted by molar-refractivity contribution is -0.133.